The van der Waals surface area contributed by atoms with Crippen molar-refractivity contribution in [3.05, 3.63) is 29.8 Å². The summed E-state index contributed by atoms with van der Waals surface area (Å²) < 4.78 is 5.13. The fraction of sp³-hybridized carbons (Fsp3) is 0.500. The van der Waals surface area contributed by atoms with E-state index in [2.05, 4.69) is 12.1 Å². The van der Waals surface area contributed by atoms with E-state index in [-0.39, 0.29) is 0 Å². The Bertz CT molecular complexity index is 294. The van der Waals surface area contributed by atoms with Crippen molar-refractivity contribution in [2.24, 2.45) is 5.73 Å². The lowest BCUT2D eigenvalue weighted by molar-refractivity contribution is 0.414. The first-order valence-corrected chi connectivity index (χ1v) is 5.21. The van der Waals surface area contributed by atoms with Crippen molar-refractivity contribution in [3.8, 4) is 5.75 Å². The molecular weight excluding hydrogens is 174 g/mol. The molecule has 0 heterocycles. The molecule has 2 N–H and O–H groups in total. The molecule has 1 saturated carbocycles. The van der Waals surface area contributed by atoms with E-state index < -0.39 is 0 Å². The van der Waals surface area contributed by atoms with Gasteiger partial charge in [-0.05, 0) is 36.5 Å². The topological polar surface area (TPSA) is 35.2 Å². The SMILES string of the molecule is COc1ccc([C@H]2CCC[C@H]2N)cc1. The zero-order valence-electron chi connectivity index (χ0n) is 8.57. The number of hydrogen-bond acceptors (Lipinski definition) is 2. The third-order valence-electron chi connectivity index (χ3n) is 3.11. The van der Waals surface area contributed by atoms with E-state index in [4.69, 9.17) is 10.5 Å². The van der Waals surface area contributed by atoms with Crippen molar-refractivity contribution in [1.82, 2.24) is 0 Å². The van der Waals surface area contributed by atoms with Crippen molar-refractivity contribution in [2.45, 2.75) is 31.2 Å². The lowest BCUT2D eigenvalue weighted by Gasteiger charge is -2.15. The minimum Gasteiger partial charge on any atom is -0.497 e. The molecule has 2 rings (SSSR count). The predicted molar refractivity (Wildman–Crippen MR) is 57.6 cm³/mol. The van der Waals surface area contributed by atoms with Crippen LogP contribution in [0.1, 0.15) is 30.7 Å². The maximum atomic E-state index is 6.05. The summed E-state index contributed by atoms with van der Waals surface area (Å²) in [6.07, 6.45) is 3.65. The molecule has 0 radical (unpaired) electrons. The summed E-state index contributed by atoms with van der Waals surface area (Å²) >= 11 is 0. The number of hydrogen-bond donors (Lipinski definition) is 1. The Kier molecular flexibility index (Phi) is 2.73. The standard InChI is InChI=1S/C12H17NO/c1-14-10-7-5-9(6-8-10)11-3-2-4-12(11)13/h5-8,11-12H,2-4,13H2,1H3/t11-,12-/m1/s1. The van der Waals surface area contributed by atoms with E-state index >= 15 is 0 Å². The van der Waals surface area contributed by atoms with Crippen LogP contribution in [-0.4, -0.2) is 13.2 Å². The maximum Gasteiger partial charge on any atom is 0.118 e. The van der Waals surface area contributed by atoms with Gasteiger partial charge in [0.25, 0.3) is 0 Å². The minimum absolute atomic E-state index is 0.350. The molecular formula is C12H17NO. The highest BCUT2D eigenvalue weighted by molar-refractivity contribution is 5.30. The predicted octanol–water partition coefficient (Wildman–Crippen LogP) is 2.29. The van der Waals surface area contributed by atoms with Gasteiger partial charge >= 0.3 is 0 Å². The molecule has 2 atom stereocenters. The van der Waals surface area contributed by atoms with Crippen molar-refractivity contribution in [2.75, 3.05) is 7.11 Å². The monoisotopic (exact) mass is 191 g/mol. The Hall–Kier alpha value is -1.02. The molecule has 0 aromatic heterocycles. The van der Waals surface area contributed by atoms with Crippen molar-refractivity contribution in [1.29, 1.82) is 0 Å². The van der Waals surface area contributed by atoms with Gasteiger partial charge in [-0.1, -0.05) is 18.6 Å². The van der Waals surface area contributed by atoms with Crippen molar-refractivity contribution >= 4 is 0 Å². The number of nitrogens with two attached hydrogens (primary N) is 1. The largest absolute Gasteiger partial charge is 0.497 e. The Morgan fingerprint density at radius 1 is 1.21 bits per heavy atom. The van der Waals surface area contributed by atoms with Gasteiger partial charge in [0.2, 0.25) is 0 Å². The van der Waals surface area contributed by atoms with E-state index in [1.807, 2.05) is 12.1 Å². The molecule has 76 valence electrons. The summed E-state index contributed by atoms with van der Waals surface area (Å²) in [5.41, 5.74) is 7.41. The van der Waals surface area contributed by atoms with E-state index in [1.165, 1.54) is 18.4 Å². The summed E-state index contributed by atoms with van der Waals surface area (Å²) in [7, 11) is 1.69. The summed E-state index contributed by atoms with van der Waals surface area (Å²) in [5, 5.41) is 0. The minimum atomic E-state index is 0.350. The maximum absolute atomic E-state index is 6.05. The van der Waals surface area contributed by atoms with Crippen LogP contribution >= 0.6 is 0 Å². The fourth-order valence-electron chi connectivity index (χ4n) is 2.25. The Balaban J connectivity index is 2.16. The van der Waals surface area contributed by atoms with Gasteiger partial charge in [0, 0.05) is 6.04 Å². The van der Waals surface area contributed by atoms with Gasteiger partial charge < -0.3 is 10.5 Å². The third-order valence-corrected chi connectivity index (χ3v) is 3.11. The lowest BCUT2D eigenvalue weighted by Crippen LogP contribution is -2.22. The number of methoxy groups -OCH3 is 1. The molecule has 2 nitrogen and oxygen atoms in total. The van der Waals surface area contributed by atoms with Crippen LogP contribution in [0.15, 0.2) is 24.3 Å². The highest BCUT2D eigenvalue weighted by Gasteiger charge is 2.24. The van der Waals surface area contributed by atoms with E-state index in [0.717, 1.165) is 12.2 Å². The normalized spacial score (nSPS) is 26.4. The first kappa shape index (κ1) is 9.53. The summed E-state index contributed by atoms with van der Waals surface area (Å²) in [6.45, 7) is 0. The van der Waals surface area contributed by atoms with Crippen LogP contribution in [0.3, 0.4) is 0 Å². The highest BCUT2D eigenvalue weighted by atomic mass is 16.5. The lowest BCUT2D eigenvalue weighted by atomic mass is 9.95. The number of ether oxygens (including phenoxy) is 1. The van der Waals surface area contributed by atoms with Crippen molar-refractivity contribution < 1.29 is 4.74 Å². The van der Waals surface area contributed by atoms with Crippen LogP contribution in [0.2, 0.25) is 0 Å². The molecule has 1 aromatic rings. The summed E-state index contributed by atoms with van der Waals surface area (Å²) in [6, 6.07) is 8.65. The molecule has 0 spiro atoms. The van der Waals surface area contributed by atoms with Gasteiger partial charge in [0.15, 0.2) is 0 Å². The van der Waals surface area contributed by atoms with E-state index in [0.29, 0.717) is 12.0 Å². The molecule has 1 aliphatic carbocycles. The van der Waals surface area contributed by atoms with E-state index in [1.54, 1.807) is 7.11 Å². The van der Waals surface area contributed by atoms with Gasteiger partial charge in [-0.3, -0.25) is 0 Å². The van der Waals surface area contributed by atoms with Crippen LogP contribution in [0, 0.1) is 0 Å². The zero-order valence-corrected chi connectivity index (χ0v) is 8.57. The van der Waals surface area contributed by atoms with Crippen molar-refractivity contribution in [3.63, 3.8) is 0 Å². The van der Waals surface area contributed by atoms with Gasteiger partial charge in [0.05, 0.1) is 7.11 Å². The van der Waals surface area contributed by atoms with Crippen LogP contribution in [-0.2, 0) is 0 Å². The van der Waals surface area contributed by atoms with Crippen LogP contribution in [0.4, 0.5) is 0 Å². The smallest absolute Gasteiger partial charge is 0.118 e. The first-order chi connectivity index (χ1) is 6.81. The molecule has 0 unspecified atom stereocenters. The molecule has 1 aromatic carbocycles. The number of rotatable bonds is 2. The van der Waals surface area contributed by atoms with Gasteiger partial charge in [-0.2, -0.15) is 0 Å². The molecule has 0 saturated heterocycles. The Labute approximate surface area is 85.1 Å². The quantitative estimate of drug-likeness (QED) is 0.778. The molecule has 1 fully saturated rings. The highest BCUT2D eigenvalue weighted by Crippen LogP contribution is 2.33. The van der Waals surface area contributed by atoms with Crippen LogP contribution < -0.4 is 10.5 Å². The third kappa shape index (κ3) is 1.75. The molecule has 0 bridgehead atoms. The average molecular weight is 191 g/mol. The average Bonchev–Trinajstić information content (AvgIpc) is 2.65. The van der Waals surface area contributed by atoms with E-state index in [9.17, 15) is 0 Å². The molecule has 14 heavy (non-hydrogen) atoms. The second-order valence-electron chi connectivity index (χ2n) is 3.97. The molecule has 0 amide bonds. The second-order valence-corrected chi connectivity index (χ2v) is 3.97. The Morgan fingerprint density at radius 2 is 1.93 bits per heavy atom. The first-order valence-electron chi connectivity index (χ1n) is 5.21. The number of benzene rings is 1. The van der Waals surface area contributed by atoms with Gasteiger partial charge in [-0.15, -0.1) is 0 Å². The molecule has 0 aliphatic heterocycles. The molecule has 2 heteroatoms. The second kappa shape index (κ2) is 4.01. The zero-order chi connectivity index (χ0) is 9.97. The summed E-state index contributed by atoms with van der Waals surface area (Å²) in [5.74, 6) is 1.47. The summed E-state index contributed by atoms with van der Waals surface area (Å²) in [4.78, 5) is 0. The van der Waals surface area contributed by atoms with Gasteiger partial charge in [-0.25, -0.2) is 0 Å². The Morgan fingerprint density at radius 3 is 2.43 bits per heavy atom. The van der Waals surface area contributed by atoms with Crippen LogP contribution in [0.5, 0.6) is 5.75 Å². The fourth-order valence-corrected chi connectivity index (χ4v) is 2.25. The van der Waals surface area contributed by atoms with Crippen LogP contribution in [0.25, 0.3) is 0 Å². The molecule has 1 aliphatic rings. The van der Waals surface area contributed by atoms with Gasteiger partial charge in [0.1, 0.15) is 5.75 Å².